The molecule has 3 N–H and O–H groups in total. The summed E-state index contributed by atoms with van der Waals surface area (Å²) in [7, 11) is 1.38. The molecule has 2 aromatic rings. The number of para-hydroxylation sites is 1. The molecule has 126 valence electrons. The molecule has 0 aliphatic rings. The first-order chi connectivity index (χ1) is 11.5. The fraction of sp³-hybridized carbons (Fsp3) is 0.176. The summed E-state index contributed by atoms with van der Waals surface area (Å²) in [5.41, 5.74) is 6.26. The number of hydrogen-bond acceptors (Lipinski definition) is 4. The van der Waals surface area contributed by atoms with Crippen LogP contribution in [-0.4, -0.2) is 24.7 Å². The number of benzene rings is 2. The van der Waals surface area contributed by atoms with Gasteiger partial charge in [-0.25, -0.2) is 4.39 Å². The van der Waals surface area contributed by atoms with Gasteiger partial charge < -0.3 is 15.8 Å². The smallest absolute Gasteiger partial charge is 0.228 e. The van der Waals surface area contributed by atoms with Crippen molar-refractivity contribution in [1.29, 1.82) is 0 Å². The van der Waals surface area contributed by atoms with E-state index in [1.807, 2.05) is 0 Å². The zero-order valence-corrected chi connectivity index (χ0v) is 13.9. The van der Waals surface area contributed by atoms with E-state index in [1.54, 1.807) is 30.3 Å². The molecular weight excluding hydrogens is 331 g/mol. The zero-order chi connectivity index (χ0) is 17.5. The Kier molecular flexibility index (Phi) is 6.20. The first kappa shape index (κ1) is 17.8. The summed E-state index contributed by atoms with van der Waals surface area (Å²) >= 11 is 1.25. The van der Waals surface area contributed by atoms with E-state index in [-0.39, 0.29) is 23.8 Å². The van der Waals surface area contributed by atoms with Crippen molar-refractivity contribution in [2.75, 3.05) is 18.2 Å². The number of ether oxygens (including phenoxy) is 1. The SMILES string of the molecule is COc1ccc(CC(=O)Nc2ccccc2SCC(N)=O)cc1F. The van der Waals surface area contributed by atoms with Crippen LogP contribution in [0.3, 0.4) is 0 Å². The molecule has 0 fully saturated rings. The Labute approximate surface area is 143 Å². The van der Waals surface area contributed by atoms with Gasteiger partial charge in [-0.05, 0) is 29.8 Å². The molecule has 0 unspecified atom stereocenters. The predicted octanol–water partition coefficient (Wildman–Crippen LogP) is 2.59. The van der Waals surface area contributed by atoms with Gasteiger partial charge in [-0.15, -0.1) is 11.8 Å². The van der Waals surface area contributed by atoms with Gasteiger partial charge in [0.2, 0.25) is 11.8 Å². The van der Waals surface area contributed by atoms with Crippen molar-refractivity contribution >= 4 is 29.3 Å². The fourth-order valence-electron chi connectivity index (χ4n) is 2.04. The molecule has 24 heavy (non-hydrogen) atoms. The summed E-state index contributed by atoms with van der Waals surface area (Å²) in [6.07, 6.45) is 0.0235. The lowest BCUT2D eigenvalue weighted by Gasteiger charge is -2.10. The zero-order valence-electron chi connectivity index (χ0n) is 13.0. The first-order valence-electron chi connectivity index (χ1n) is 7.12. The van der Waals surface area contributed by atoms with E-state index in [9.17, 15) is 14.0 Å². The molecule has 5 nitrogen and oxygen atoms in total. The van der Waals surface area contributed by atoms with E-state index >= 15 is 0 Å². The highest BCUT2D eigenvalue weighted by Gasteiger charge is 2.10. The number of nitrogens with one attached hydrogen (secondary N) is 1. The summed E-state index contributed by atoms with van der Waals surface area (Å²) in [6.45, 7) is 0. The van der Waals surface area contributed by atoms with Crippen LogP contribution in [0.25, 0.3) is 0 Å². The molecule has 0 heterocycles. The summed E-state index contributed by atoms with van der Waals surface area (Å²) in [4.78, 5) is 23.8. The van der Waals surface area contributed by atoms with Gasteiger partial charge in [0.15, 0.2) is 11.6 Å². The molecule has 0 aliphatic heterocycles. The van der Waals surface area contributed by atoms with Crippen LogP contribution in [0.15, 0.2) is 47.4 Å². The molecule has 0 aliphatic carbocycles. The highest BCUT2D eigenvalue weighted by Crippen LogP contribution is 2.27. The Hall–Kier alpha value is -2.54. The van der Waals surface area contributed by atoms with E-state index < -0.39 is 11.7 Å². The number of anilines is 1. The molecule has 2 amide bonds. The van der Waals surface area contributed by atoms with Crippen molar-refractivity contribution in [3.63, 3.8) is 0 Å². The van der Waals surface area contributed by atoms with E-state index in [2.05, 4.69) is 5.32 Å². The van der Waals surface area contributed by atoms with Gasteiger partial charge in [-0.1, -0.05) is 18.2 Å². The second-order valence-electron chi connectivity index (χ2n) is 4.94. The third-order valence-electron chi connectivity index (χ3n) is 3.11. The molecular formula is C17H17FN2O3S. The number of hydrogen-bond donors (Lipinski definition) is 2. The average molecular weight is 348 g/mol. The molecule has 0 spiro atoms. The normalized spacial score (nSPS) is 10.2. The maximum atomic E-state index is 13.7. The third kappa shape index (κ3) is 4.99. The summed E-state index contributed by atoms with van der Waals surface area (Å²) in [5, 5.41) is 2.77. The largest absolute Gasteiger partial charge is 0.494 e. The number of nitrogens with two attached hydrogens (primary N) is 1. The Morgan fingerprint density at radius 2 is 2.00 bits per heavy atom. The highest BCUT2D eigenvalue weighted by molar-refractivity contribution is 8.00. The summed E-state index contributed by atoms with van der Waals surface area (Å²) < 4.78 is 18.5. The first-order valence-corrected chi connectivity index (χ1v) is 8.10. The molecule has 0 aromatic heterocycles. The molecule has 0 radical (unpaired) electrons. The van der Waals surface area contributed by atoms with Crippen LogP contribution in [-0.2, 0) is 16.0 Å². The van der Waals surface area contributed by atoms with Crippen LogP contribution in [0.2, 0.25) is 0 Å². The van der Waals surface area contributed by atoms with Crippen molar-refractivity contribution in [1.82, 2.24) is 0 Å². The number of amides is 2. The van der Waals surface area contributed by atoms with Gasteiger partial charge >= 0.3 is 0 Å². The van der Waals surface area contributed by atoms with Crippen molar-refractivity contribution < 1.29 is 18.7 Å². The third-order valence-corrected chi connectivity index (χ3v) is 4.21. The van der Waals surface area contributed by atoms with Crippen LogP contribution in [0.5, 0.6) is 5.75 Å². The summed E-state index contributed by atoms with van der Waals surface area (Å²) in [5.74, 6) is -0.981. The van der Waals surface area contributed by atoms with E-state index in [0.717, 1.165) is 4.90 Å². The molecule has 2 rings (SSSR count). The summed E-state index contributed by atoms with van der Waals surface area (Å²) in [6, 6.07) is 11.5. The molecule has 0 bridgehead atoms. The van der Waals surface area contributed by atoms with Crippen LogP contribution in [0, 0.1) is 5.82 Å². The van der Waals surface area contributed by atoms with Gasteiger partial charge in [0.05, 0.1) is 25.0 Å². The van der Waals surface area contributed by atoms with Gasteiger partial charge in [-0.3, -0.25) is 9.59 Å². The standard InChI is InChI=1S/C17H17FN2O3S/c1-23-14-7-6-11(8-12(14)18)9-17(22)20-13-4-2-3-5-15(13)24-10-16(19)21/h2-8H,9-10H2,1H3,(H2,19,21)(H,20,22). The number of thioether (sulfide) groups is 1. The minimum atomic E-state index is -0.514. The lowest BCUT2D eigenvalue weighted by atomic mass is 10.1. The van der Waals surface area contributed by atoms with E-state index in [4.69, 9.17) is 10.5 Å². The maximum absolute atomic E-state index is 13.7. The number of rotatable bonds is 7. The second kappa shape index (κ2) is 8.35. The monoisotopic (exact) mass is 348 g/mol. The lowest BCUT2D eigenvalue weighted by molar-refractivity contribution is -0.116. The van der Waals surface area contributed by atoms with Crippen molar-refractivity contribution in [3.8, 4) is 5.75 Å². The molecule has 0 atom stereocenters. The minimum Gasteiger partial charge on any atom is -0.494 e. The number of carbonyl (C=O) groups is 2. The highest BCUT2D eigenvalue weighted by atomic mass is 32.2. The molecule has 0 saturated heterocycles. The Morgan fingerprint density at radius 3 is 2.67 bits per heavy atom. The van der Waals surface area contributed by atoms with Crippen LogP contribution >= 0.6 is 11.8 Å². The van der Waals surface area contributed by atoms with Gasteiger partial charge in [0, 0.05) is 4.90 Å². The maximum Gasteiger partial charge on any atom is 0.228 e. The lowest BCUT2D eigenvalue weighted by Crippen LogP contribution is -2.16. The van der Waals surface area contributed by atoms with Gasteiger partial charge in [0.25, 0.3) is 0 Å². The quantitative estimate of drug-likeness (QED) is 0.754. The Balaban J connectivity index is 2.04. The van der Waals surface area contributed by atoms with Crippen molar-refractivity contribution in [3.05, 3.63) is 53.8 Å². The Morgan fingerprint density at radius 1 is 1.25 bits per heavy atom. The Bertz CT molecular complexity index is 752. The van der Waals surface area contributed by atoms with Crippen LogP contribution in [0.1, 0.15) is 5.56 Å². The van der Waals surface area contributed by atoms with E-state index in [1.165, 1.54) is 31.0 Å². The predicted molar refractivity (Wildman–Crippen MR) is 91.6 cm³/mol. The molecule has 0 saturated carbocycles. The van der Waals surface area contributed by atoms with Crippen molar-refractivity contribution in [2.45, 2.75) is 11.3 Å². The fourth-order valence-corrected chi connectivity index (χ4v) is 2.79. The van der Waals surface area contributed by atoms with Crippen LogP contribution < -0.4 is 15.8 Å². The second-order valence-corrected chi connectivity index (χ2v) is 5.96. The van der Waals surface area contributed by atoms with E-state index in [0.29, 0.717) is 11.3 Å². The van der Waals surface area contributed by atoms with Gasteiger partial charge in [-0.2, -0.15) is 0 Å². The number of methoxy groups -OCH3 is 1. The van der Waals surface area contributed by atoms with Crippen LogP contribution in [0.4, 0.5) is 10.1 Å². The minimum absolute atomic E-state index is 0.0235. The number of halogens is 1. The molecule has 2 aromatic carbocycles. The number of carbonyl (C=O) groups excluding carboxylic acids is 2. The molecule has 7 heteroatoms. The topological polar surface area (TPSA) is 81.4 Å². The number of primary amides is 1. The van der Waals surface area contributed by atoms with Crippen molar-refractivity contribution in [2.24, 2.45) is 5.73 Å². The van der Waals surface area contributed by atoms with Gasteiger partial charge in [0.1, 0.15) is 0 Å². The average Bonchev–Trinajstić information content (AvgIpc) is 2.54.